The number of ether oxygens (including phenoxy) is 2. The standard InChI is InChI=1S/C25H28N4O3/c1-18-7-3-4-10-21(18)31-15-13-25(30)29-14-16-32-22(17-29)20-9-6-12-24(27-20)28-23-11-5-8-19(2)26-23/h3-12,22H,13-17H2,1-2H3,(H,26,27,28). The van der Waals surface area contributed by atoms with Crippen LogP contribution in [0.4, 0.5) is 11.6 Å². The van der Waals surface area contributed by atoms with E-state index in [0.717, 1.165) is 28.5 Å². The molecule has 0 bridgehead atoms. The fraction of sp³-hybridized carbons (Fsp3) is 0.320. The Bertz CT molecular complexity index is 1070. The maximum absolute atomic E-state index is 12.7. The lowest BCUT2D eigenvalue weighted by Crippen LogP contribution is -2.42. The molecular formula is C25H28N4O3. The molecular weight excluding hydrogens is 404 g/mol. The highest BCUT2D eigenvalue weighted by molar-refractivity contribution is 5.76. The number of hydrogen-bond acceptors (Lipinski definition) is 6. The van der Waals surface area contributed by atoms with Crippen molar-refractivity contribution in [1.82, 2.24) is 14.9 Å². The van der Waals surface area contributed by atoms with Gasteiger partial charge in [-0.05, 0) is 49.7 Å². The number of anilines is 2. The first-order chi connectivity index (χ1) is 15.6. The summed E-state index contributed by atoms with van der Waals surface area (Å²) in [6, 6.07) is 19.4. The number of nitrogens with zero attached hydrogens (tertiary/aromatic N) is 3. The number of morpholine rings is 1. The molecule has 1 unspecified atom stereocenters. The molecule has 0 saturated carbocycles. The number of carbonyl (C=O) groups excluding carboxylic acids is 1. The van der Waals surface area contributed by atoms with Crippen molar-refractivity contribution in [2.75, 3.05) is 31.6 Å². The van der Waals surface area contributed by atoms with Crippen LogP contribution < -0.4 is 10.1 Å². The van der Waals surface area contributed by atoms with Crippen LogP contribution in [0.2, 0.25) is 0 Å². The van der Waals surface area contributed by atoms with E-state index in [1.807, 2.05) is 79.4 Å². The number of pyridine rings is 2. The molecule has 3 heterocycles. The summed E-state index contributed by atoms with van der Waals surface area (Å²) in [5, 5.41) is 3.23. The second-order valence-corrected chi connectivity index (χ2v) is 7.80. The van der Waals surface area contributed by atoms with Crippen molar-refractivity contribution < 1.29 is 14.3 Å². The minimum atomic E-state index is -0.266. The molecule has 0 aliphatic carbocycles. The molecule has 1 aliphatic heterocycles. The first-order valence-electron chi connectivity index (χ1n) is 10.8. The van der Waals surface area contributed by atoms with Crippen molar-refractivity contribution in [3.8, 4) is 5.75 Å². The summed E-state index contributed by atoms with van der Waals surface area (Å²) in [6.45, 7) is 5.82. The fourth-order valence-electron chi connectivity index (χ4n) is 3.62. The minimum absolute atomic E-state index is 0.0603. The molecule has 0 spiro atoms. The van der Waals surface area contributed by atoms with Gasteiger partial charge in [-0.15, -0.1) is 0 Å². The van der Waals surface area contributed by atoms with Crippen molar-refractivity contribution in [2.24, 2.45) is 0 Å². The van der Waals surface area contributed by atoms with Crippen LogP contribution in [0.5, 0.6) is 5.75 Å². The van der Waals surface area contributed by atoms with E-state index < -0.39 is 0 Å². The van der Waals surface area contributed by atoms with E-state index in [9.17, 15) is 4.79 Å². The predicted octanol–water partition coefficient (Wildman–Crippen LogP) is 4.21. The molecule has 1 aromatic carbocycles. The second-order valence-electron chi connectivity index (χ2n) is 7.80. The zero-order valence-electron chi connectivity index (χ0n) is 18.5. The van der Waals surface area contributed by atoms with Crippen LogP contribution in [0.25, 0.3) is 0 Å². The molecule has 1 atom stereocenters. The van der Waals surface area contributed by atoms with Gasteiger partial charge in [-0.1, -0.05) is 30.3 Å². The van der Waals surface area contributed by atoms with Crippen LogP contribution in [0.3, 0.4) is 0 Å². The van der Waals surface area contributed by atoms with E-state index in [0.29, 0.717) is 38.5 Å². The van der Waals surface area contributed by atoms with Gasteiger partial charge in [0.2, 0.25) is 5.91 Å². The molecule has 4 rings (SSSR count). The van der Waals surface area contributed by atoms with Gasteiger partial charge in [0.1, 0.15) is 23.5 Å². The van der Waals surface area contributed by atoms with E-state index in [4.69, 9.17) is 9.47 Å². The van der Waals surface area contributed by atoms with E-state index >= 15 is 0 Å². The quantitative estimate of drug-likeness (QED) is 0.603. The van der Waals surface area contributed by atoms with Gasteiger partial charge in [0.15, 0.2) is 0 Å². The summed E-state index contributed by atoms with van der Waals surface area (Å²) >= 11 is 0. The molecule has 1 fully saturated rings. The number of amides is 1. The van der Waals surface area contributed by atoms with Gasteiger partial charge in [-0.3, -0.25) is 4.79 Å². The van der Waals surface area contributed by atoms with E-state index in [2.05, 4.69) is 15.3 Å². The molecule has 1 amide bonds. The third-order valence-corrected chi connectivity index (χ3v) is 5.33. The van der Waals surface area contributed by atoms with E-state index in [-0.39, 0.29) is 12.0 Å². The van der Waals surface area contributed by atoms with E-state index in [1.165, 1.54) is 0 Å². The van der Waals surface area contributed by atoms with Gasteiger partial charge in [0, 0.05) is 12.2 Å². The number of hydrogen-bond donors (Lipinski definition) is 1. The summed E-state index contributed by atoms with van der Waals surface area (Å²) in [7, 11) is 0. The van der Waals surface area contributed by atoms with Crippen LogP contribution in [0.1, 0.15) is 29.5 Å². The zero-order valence-corrected chi connectivity index (χ0v) is 18.5. The number of para-hydroxylation sites is 1. The molecule has 32 heavy (non-hydrogen) atoms. The topological polar surface area (TPSA) is 76.6 Å². The highest BCUT2D eigenvalue weighted by Gasteiger charge is 2.26. The Kier molecular flexibility index (Phi) is 6.97. The summed E-state index contributed by atoms with van der Waals surface area (Å²) in [5.41, 5.74) is 2.78. The smallest absolute Gasteiger partial charge is 0.226 e. The van der Waals surface area contributed by atoms with Crippen LogP contribution >= 0.6 is 0 Å². The molecule has 1 N–H and O–H groups in total. The number of aromatic nitrogens is 2. The average molecular weight is 433 g/mol. The van der Waals surface area contributed by atoms with Gasteiger partial charge in [-0.25, -0.2) is 9.97 Å². The normalized spacial score (nSPS) is 15.9. The van der Waals surface area contributed by atoms with Gasteiger partial charge < -0.3 is 19.7 Å². The van der Waals surface area contributed by atoms with Crippen molar-refractivity contribution >= 4 is 17.5 Å². The monoisotopic (exact) mass is 432 g/mol. The molecule has 1 saturated heterocycles. The summed E-state index contributed by atoms with van der Waals surface area (Å²) in [6.07, 6.45) is 0.0620. The lowest BCUT2D eigenvalue weighted by molar-refractivity contribution is -0.139. The van der Waals surface area contributed by atoms with E-state index in [1.54, 1.807) is 0 Å². The number of aryl methyl sites for hydroxylation is 2. The highest BCUT2D eigenvalue weighted by Crippen LogP contribution is 2.23. The van der Waals surface area contributed by atoms with Gasteiger partial charge in [0.25, 0.3) is 0 Å². The largest absolute Gasteiger partial charge is 0.493 e. The summed E-state index contributed by atoms with van der Waals surface area (Å²) in [5.74, 6) is 2.31. The first kappa shape index (κ1) is 21.8. The highest BCUT2D eigenvalue weighted by atomic mass is 16.5. The molecule has 7 heteroatoms. The molecule has 3 aromatic rings. The molecule has 7 nitrogen and oxygen atoms in total. The summed E-state index contributed by atoms with van der Waals surface area (Å²) < 4.78 is 11.7. The lowest BCUT2D eigenvalue weighted by Gasteiger charge is -2.33. The van der Waals surface area contributed by atoms with Gasteiger partial charge in [-0.2, -0.15) is 0 Å². The third kappa shape index (κ3) is 5.62. The fourth-order valence-corrected chi connectivity index (χ4v) is 3.62. The lowest BCUT2D eigenvalue weighted by atomic mass is 10.1. The zero-order chi connectivity index (χ0) is 22.3. The van der Waals surface area contributed by atoms with Crippen LogP contribution in [-0.2, 0) is 9.53 Å². The second kappa shape index (κ2) is 10.2. The SMILES string of the molecule is Cc1cccc(Nc2cccc(C3CN(C(=O)CCOc4ccccc4C)CCO3)n2)n1. The van der Waals surface area contributed by atoms with Gasteiger partial charge in [0.05, 0.1) is 31.9 Å². The van der Waals surface area contributed by atoms with Crippen molar-refractivity contribution in [3.05, 3.63) is 77.6 Å². The minimum Gasteiger partial charge on any atom is -0.493 e. The van der Waals surface area contributed by atoms with Gasteiger partial charge >= 0.3 is 0 Å². The molecule has 1 aliphatic rings. The predicted molar refractivity (Wildman–Crippen MR) is 123 cm³/mol. The third-order valence-electron chi connectivity index (χ3n) is 5.33. The number of nitrogens with one attached hydrogen (secondary N) is 1. The Balaban J connectivity index is 1.34. The Morgan fingerprint density at radius 3 is 2.66 bits per heavy atom. The van der Waals surface area contributed by atoms with Crippen molar-refractivity contribution in [3.63, 3.8) is 0 Å². The van der Waals surface area contributed by atoms with Crippen molar-refractivity contribution in [2.45, 2.75) is 26.4 Å². The van der Waals surface area contributed by atoms with Crippen LogP contribution in [0.15, 0.2) is 60.7 Å². The van der Waals surface area contributed by atoms with Crippen LogP contribution in [0, 0.1) is 13.8 Å². The number of benzene rings is 1. The maximum Gasteiger partial charge on any atom is 0.226 e. The Hall–Kier alpha value is -3.45. The summed E-state index contributed by atoms with van der Waals surface area (Å²) in [4.78, 5) is 23.7. The average Bonchev–Trinajstić information content (AvgIpc) is 2.80. The molecule has 0 radical (unpaired) electrons. The maximum atomic E-state index is 12.7. The Morgan fingerprint density at radius 1 is 1.06 bits per heavy atom. The number of rotatable bonds is 7. The molecule has 166 valence electrons. The van der Waals surface area contributed by atoms with Crippen LogP contribution in [-0.4, -0.2) is 47.1 Å². The Labute approximate surface area is 188 Å². The Morgan fingerprint density at radius 2 is 1.84 bits per heavy atom. The first-order valence-corrected chi connectivity index (χ1v) is 10.8. The van der Waals surface area contributed by atoms with Crippen molar-refractivity contribution in [1.29, 1.82) is 0 Å². The number of carbonyl (C=O) groups is 1. The molecule has 2 aromatic heterocycles.